The Kier molecular flexibility index (Phi) is 4.60. The quantitative estimate of drug-likeness (QED) is 0.881. The van der Waals surface area contributed by atoms with Crippen LogP contribution in [0.1, 0.15) is 30.9 Å². The molecular weight excluding hydrogens is 253 g/mol. The Morgan fingerprint density at radius 2 is 2.39 bits per heavy atom. The summed E-state index contributed by atoms with van der Waals surface area (Å²) in [5.41, 5.74) is 0.864. The lowest BCUT2D eigenvalue weighted by molar-refractivity contribution is -0.122. The van der Waals surface area contributed by atoms with Crippen LogP contribution in [0.2, 0.25) is 0 Å². The van der Waals surface area contributed by atoms with Crippen molar-refractivity contribution >= 4 is 17.7 Å². The largest absolute Gasteiger partial charge is 0.396 e. The number of aliphatic hydroxyl groups excluding tert-OH is 1. The summed E-state index contributed by atoms with van der Waals surface area (Å²) in [4.78, 5) is 12.7. The average molecular weight is 269 g/mol. The second kappa shape index (κ2) is 6.20. The molecule has 98 valence electrons. The smallest absolute Gasteiger partial charge is 0.220 e. The minimum atomic E-state index is -0.272. The number of fused-ring (bicyclic) bond motifs is 1. The van der Waals surface area contributed by atoms with Gasteiger partial charge in [-0.2, -0.15) is 0 Å². The van der Waals surface area contributed by atoms with Crippen molar-refractivity contribution in [1.82, 2.24) is 5.32 Å². The molecule has 3 nitrogen and oxygen atoms in total. The Labute approximate surface area is 110 Å². The first-order chi connectivity index (χ1) is 8.70. The number of nitrogens with one attached hydrogen (secondary N) is 1. The molecule has 1 aromatic rings. The van der Waals surface area contributed by atoms with E-state index in [4.69, 9.17) is 5.11 Å². The molecule has 0 aliphatic carbocycles. The van der Waals surface area contributed by atoms with Gasteiger partial charge < -0.3 is 10.4 Å². The van der Waals surface area contributed by atoms with Gasteiger partial charge >= 0.3 is 0 Å². The van der Waals surface area contributed by atoms with Gasteiger partial charge in [0.25, 0.3) is 0 Å². The molecule has 1 amide bonds. The molecule has 1 aromatic carbocycles. The van der Waals surface area contributed by atoms with Crippen molar-refractivity contribution in [3.8, 4) is 0 Å². The number of benzene rings is 1. The number of hydrogen-bond donors (Lipinski definition) is 2. The maximum absolute atomic E-state index is 13.3. The summed E-state index contributed by atoms with van der Waals surface area (Å²) in [5.74, 6) is 0.561. The third-order valence-corrected chi connectivity index (χ3v) is 4.03. The Hall–Kier alpha value is -1.07. The molecule has 0 radical (unpaired) electrons. The van der Waals surface area contributed by atoms with Crippen molar-refractivity contribution in [2.24, 2.45) is 0 Å². The lowest BCUT2D eigenvalue weighted by Gasteiger charge is -2.26. The highest BCUT2D eigenvalue weighted by Crippen LogP contribution is 2.36. The highest BCUT2D eigenvalue weighted by Gasteiger charge is 2.22. The minimum Gasteiger partial charge on any atom is -0.396 e. The molecule has 5 heteroatoms. The maximum Gasteiger partial charge on any atom is 0.220 e. The van der Waals surface area contributed by atoms with E-state index in [1.807, 2.05) is 0 Å². The van der Waals surface area contributed by atoms with Gasteiger partial charge in [0.2, 0.25) is 5.91 Å². The molecule has 0 fully saturated rings. The van der Waals surface area contributed by atoms with Crippen molar-refractivity contribution in [3.63, 3.8) is 0 Å². The van der Waals surface area contributed by atoms with Crippen molar-refractivity contribution in [1.29, 1.82) is 0 Å². The Morgan fingerprint density at radius 1 is 1.56 bits per heavy atom. The minimum absolute atomic E-state index is 0.0130. The van der Waals surface area contributed by atoms with Crippen molar-refractivity contribution in [2.75, 3.05) is 12.4 Å². The van der Waals surface area contributed by atoms with Gasteiger partial charge in [0.15, 0.2) is 0 Å². The monoisotopic (exact) mass is 269 g/mol. The molecule has 1 heterocycles. The van der Waals surface area contributed by atoms with Crippen LogP contribution in [0.25, 0.3) is 0 Å². The molecule has 1 aliphatic rings. The summed E-state index contributed by atoms with van der Waals surface area (Å²) >= 11 is 1.69. The molecule has 0 saturated heterocycles. The SMILES string of the molecule is O=C(CCCO)NC1CCSc2ccc(F)cc21. The maximum atomic E-state index is 13.3. The van der Waals surface area contributed by atoms with E-state index in [0.29, 0.717) is 12.8 Å². The van der Waals surface area contributed by atoms with Gasteiger partial charge in [0, 0.05) is 23.7 Å². The molecule has 0 bridgehead atoms. The molecule has 1 aliphatic heterocycles. The number of carbonyl (C=O) groups is 1. The van der Waals surface area contributed by atoms with E-state index in [2.05, 4.69) is 5.32 Å². The highest BCUT2D eigenvalue weighted by atomic mass is 32.2. The van der Waals surface area contributed by atoms with E-state index in [9.17, 15) is 9.18 Å². The average Bonchev–Trinajstić information content (AvgIpc) is 2.37. The van der Waals surface area contributed by atoms with E-state index in [1.54, 1.807) is 17.8 Å². The van der Waals surface area contributed by atoms with Gasteiger partial charge in [-0.15, -0.1) is 11.8 Å². The second-order valence-electron chi connectivity index (χ2n) is 4.27. The van der Waals surface area contributed by atoms with Crippen molar-refractivity contribution in [2.45, 2.75) is 30.2 Å². The number of amides is 1. The normalized spacial score (nSPS) is 18.2. The summed E-state index contributed by atoms with van der Waals surface area (Å²) in [7, 11) is 0. The van der Waals surface area contributed by atoms with Gasteiger partial charge in [-0.1, -0.05) is 0 Å². The third kappa shape index (κ3) is 3.23. The number of thioether (sulfide) groups is 1. The summed E-state index contributed by atoms with van der Waals surface area (Å²) in [6.45, 7) is 0.0130. The van der Waals surface area contributed by atoms with Gasteiger partial charge in [0.1, 0.15) is 5.82 Å². The zero-order chi connectivity index (χ0) is 13.0. The molecule has 0 saturated carbocycles. The topological polar surface area (TPSA) is 49.3 Å². The molecule has 2 N–H and O–H groups in total. The zero-order valence-electron chi connectivity index (χ0n) is 9.99. The number of hydrogen-bond acceptors (Lipinski definition) is 3. The fraction of sp³-hybridized carbons (Fsp3) is 0.462. The second-order valence-corrected chi connectivity index (χ2v) is 5.40. The van der Waals surface area contributed by atoms with Crippen LogP contribution < -0.4 is 5.32 Å². The summed E-state index contributed by atoms with van der Waals surface area (Å²) in [5, 5.41) is 11.6. The molecule has 0 aromatic heterocycles. The Morgan fingerprint density at radius 3 is 3.17 bits per heavy atom. The molecule has 2 rings (SSSR count). The first-order valence-electron chi connectivity index (χ1n) is 6.03. The highest BCUT2D eigenvalue weighted by molar-refractivity contribution is 7.99. The van der Waals surface area contributed by atoms with Crippen LogP contribution in [-0.4, -0.2) is 23.4 Å². The van der Waals surface area contributed by atoms with E-state index < -0.39 is 0 Å². The molecule has 1 atom stereocenters. The predicted octanol–water partition coefficient (Wildman–Crippen LogP) is 2.25. The number of rotatable bonds is 4. The summed E-state index contributed by atoms with van der Waals surface area (Å²) in [6, 6.07) is 4.60. The predicted molar refractivity (Wildman–Crippen MR) is 68.9 cm³/mol. The van der Waals surface area contributed by atoms with Gasteiger partial charge in [-0.25, -0.2) is 4.39 Å². The summed E-state index contributed by atoms with van der Waals surface area (Å²) < 4.78 is 13.3. The molecule has 18 heavy (non-hydrogen) atoms. The van der Waals surface area contributed by atoms with Crippen LogP contribution in [0.4, 0.5) is 4.39 Å². The molecular formula is C13H16FNO2S. The van der Waals surface area contributed by atoms with Crippen LogP contribution in [-0.2, 0) is 4.79 Å². The van der Waals surface area contributed by atoms with Crippen LogP contribution >= 0.6 is 11.8 Å². The first kappa shape index (κ1) is 13.4. The third-order valence-electron chi connectivity index (χ3n) is 2.91. The van der Waals surface area contributed by atoms with Crippen LogP contribution in [0, 0.1) is 5.82 Å². The molecule has 1 unspecified atom stereocenters. The number of aliphatic hydroxyl groups is 1. The zero-order valence-corrected chi connectivity index (χ0v) is 10.8. The lowest BCUT2D eigenvalue weighted by atomic mass is 10.0. The van der Waals surface area contributed by atoms with Crippen molar-refractivity contribution < 1.29 is 14.3 Å². The number of halogens is 1. The Bertz CT molecular complexity index is 439. The van der Waals surface area contributed by atoms with E-state index in [1.165, 1.54) is 12.1 Å². The standard InChI is InChI=1S/C13H16FNO2S/c14-9-3-4-12-10(8-9)11(5-7-18-12)15-13(17)2-1-6-16/h3-4,8,11,16H,1-2,5-7H2,(H,15,17). The van der Waals surface area contributed by atoms with Gasteiger partial charge in [-0.3, -0.25) is 4.79 Å². The van der Waals surface area contributed by atoms with E-state index >= 15 is 0 Å². The Balaban J connectivity index is 2.07. The molecule has 0 spiro atoms. The summed E-state index contributed by atoms with van der Waals surface area (Å²) in [6.07, 6.45) is 1.58. The fourth-order valence-corrected chi connectivity index (χ4v) is 3.13. The lowest BCUT2D eigenvalue weighted by Crippen LogP contribution is -2.30. The number of carbonyl (C=O) groups excluding carboxylic acids is 1. The first-order valence-corrected chi connectivity index (χ1v) is 7.01. The van der Waals surface area contributed by atoms with Crippen molar-refractivity contribution in [3.05, 3.63) is 29.6 Å². The van der Waals surface area contributed by atoms with Crippen LogP contribution in [0.3, 0.4) is 0 Å². The van der Waals surface area contributed by atoms with E-state index in [-0.39, 0.29) is 24.4 Å². The van der Waals surface area contributed by atoms with Gasteiger partial charge in [0.05, 0.1) is 6.04 Å². The van der Waals surface area contributed by atoms with Crippen LogP contribution in [0.5, 0.6) is 0 Å². The van der Waals surface area contributed by atoms with Crippen LogP contribution in [0.15, 0.2) is 23.1 Å². The fourth-order valence-electron chi connectivity index (χ4n) is 2.02. The van der Waals surface area contributed by atoms with E-state index in [0.717, 1.165) is 22.6 Å². The van der Waals surface area contributed by atoms with Gasteiger partial charge in [-0.05, 0) is 36.6 Å².